The summed E-state index contributed by atoms with van der Waals surface area (Å²) >= 11 is 9.92. The van der Waals surface area contributed by atoms with Gasteiger partial charge in [0.25, 0.3) is 0 Å². The molecule has 52 heavy (non-hydrogen) atoms. The number of likely N-dealkylation sites (N-methyl/N-ethyl adjacent to an activating group) is 1. The highest BCUT2D eigenvalue weighted by atomic mass is 32.1. The van der Waals surface area contributed by atoms with Crippen LogP contribution < -0.4 is 21.1 Å². The summed E-state index contributed by atoms with van der Waals surface area (Å²) in [5, 5.41) is 16.3. The Morgan fingerprint density at radius 1 is 0.942 bits per heavy atom. The maximum Gasteiger partial charge on any atom is 0.166 e. The van der Waals surface area contributed by atoms with Crippen molar-refractivity contribution in [3.63, 3.8) is 0 Å². The summed E-state index contributed by atoms with van der Waals surface area (Å²) in [4.78, 5) is 21.3. The molecule has 286 valence electrons. The number of nitrogens with zero attached hydrogens (tertiary/aromatic N) is 7. The van der Waals surface area contributed by atoms with Gasteiger partial charge in [0.15, 0.2) is 10.2 Å². The number of aliphatic imine (C=N–C) groups is 1. The zero-order valence-corrected chi connectivity index (χ0v) is 32.6. The zero-order valence-electron chi connectivity index (χ0n) is 31.0. The lowest BCUT2D eigenvalue weighted by Crippen LogP contribution is -2.55. The molecule has 5 aliphatic rings. The van der Waals surface area contributed by atoms with Crippen LogP contribution in [0.25, 0.3) is 0 Å². The van der Waals surface area contributed by atoms with Gasteiger partial charge in [-0.3, -0.25) is 19.9 Å². The van der Waals surface area contributed by atoms with Crippen molar-refractivity contribution >= 4 is 57.5 Å². The van der Waals surface area contributed by atoms with Gasteiger partial charge in [0.1, 0.15) is 17.5 Å². The molecule has 6 N–H and O–H groups in total. The average molecular weight is 754 g/mol. The van der Waals surface area contributed by atoms with Crippen LogP contribution in [0.2, 0.25) is 0 Å². The molecular formula is C37H59N11O2S2. The number of pyridine rings is 2. The normalized spacial score (nSPS) is 21.2. The molecule has 15 heteroatoms. The molecule has 3 fully saturated rings. The fourth-order valence-electron chi connectivity index (χ4n) is 6.44. The molecular weight excluding hydrogens is 695 g/mol. The van der Waals surface area contributed by atoms with Crippen molar-refractivity contribution < 1.29 is 12.3 Å². The van der Waals surface area contributed by atoms with Crippen LogP contribution >= 0.6 is 24.4 Å². The second-order valence-electron chi connectivity index (χ2n) is 13.2. The number of hydrogen-bond acceptors (Lipinski definition) is 11. The van der Waals surface area contributed by atoms with Crippen molar-refractivity contribution in [2.75, 3.05) is 70.5 Å². The number of hydrogen-bond donors (Lipinski definition) is 4. The number of piperazine rings is 2. The van der Waals surface area contributed by atoms with Crippen molar-refractivity contribution in [3.05, 3.63) is 59.8 Å². The highest BCUT2D eigenvalue weighted by molar-refractivity contribution is 7.80. The van der Waals surface area contributed by atoms with Crippen LogP contribution in [0.4, 0.5) is 5.69 Å². The number of nitrogens with two attached hydrogens (primary N) is 2. The van der Waals surface area contributed by atoms with Crippen LogP contribution in [0.3, 0.4) is 0 Å². The standard InChI is InChI=1S/C10H14N4S.C9H19N3S.C9H12N2O.C9H10N2O.2H2/c11-10(15)14-7-5-13(6-8-14)9-1-3-12-4-2-9;1-3-8-7-12(9(10)13)6-5-11(8)4-2;2*1-6-4-8-9(11-5-6)7(10)2-3-12-8;;/h1-4H,5-8H2,(H2,11,15);8H,3-7H2,1-2H3,(H2,10,13);5,8,10H,2-4H2,1H3;4-5,10H,2-3H2,1H3;2*1H. The molecule has 0 bridgehead atoms. The van der Waals surface area contributed by atoms with E-state index in [9.17, 15) is 0 Å². The van der Waals surface area contributed by atoms with E-state index in [2.05, 4.69) is 43.5 Å². The van der Waals surface area contributed by atoms with E-state index in [-0.39, 0.29) is 8.96 Å². The van der Waals surface area contributed by atoms with E-state index in [4.69, 9.17) is 56.2 Å². The quantitative estimate of drug-likeness (QED) is 0.320. The largest absolute Gasteiger partial charge is 0.491 e. The summed E-state index contributed by atoms with van der Waals surface area (Å²) in [6.07, 6.45) is 10.8. The van der Waals surface area contributed by atoms with Crippen LogP contribution in [0.5, 0.6) is 5.75 Å². The molecule has 0 spiro atoms. The summed E-state index contributed by atoms with van der Waals surface area (Å²) in [7, 11) is 0. The molecule has 0 saturated carbocycles. The Balaban J connectivity index is 0.000000247. The highest BCUT2D eigenvalue weighted by Gasteiger charge is 2.27. The van der Waals surface area contributed by atoms with E-state index in [1.165, 1.54) is 17.7 Å². The lowest BCUT2D eigenvalue weighted by Gasteiger charge is -2.40. The lowest BCUT2D eigenvalue weighted by molar-refractivity contribution is 0.0977. The van der Waals surface area contributed by atoms with Crippen LogP contribution in [-0.2, 0) is 4.74 Å². The van der Waals surface area contributed by atoms with Crippen LogP contribution in [0.15, 0.2) is 53.6 Å². The summed E-state index contributed by atoms with van der Waals surface area (Å²) < 4.78 is 10.9. The van der Waals surface area contributed by atoms with Gasteiger partial charge in [-0.2, -0.15) is 0 Å². The van der Waals surface area contributed by atoms with Crippen molar-refractivity contribution in [3.8, 4) is 5.75 Å². The first kappa shape index (κ1) is 40.7. The van der Waals surface area contributed by atoms with E-state index >= 15 is 0 Å². The van der Waals surface area contributed by atoms with E-state index in [0.29, 0.717) is 59.4 Å². The van der Waals surface area contributed by atoms with Crippen LogP contribution in [0.1, 0.15) is 60.6 Å². The van der Waals surface area contributed by atoms with Gasteiger partial charge in [0.2, 0.25) is 0 Å². The maximum absolute atomic E-state index is 7.64. The maximum atomic E-state index is 7.64. The Morgan fingerprint density at radius 2 is 1.62 bits per heavy atom. The minimum absolute atomic E-state index is 0. The van der Waals surface area contributed by atoms with E-state index in [0.717, 1.165) is 75.8 Å². The molecule has 2 aromatic heterocycles. The number of rotatable bonds is 3. The van der Waals surface area contributed by atoms with Gasteiger partial charge in [-0.25, -0.2) is 0 Å². The first-order chi connectivity index (χ1) is 25.0. The fourth-order valence-corrected chi connectivity index (χ4v) is 6.79. The van der Waals surface area contributed by atoms with Crippen LogP contribution in [0, 0.1) is 17.7 Å². The topological polar surface area (TPSA) is 169 Å². The molecule has 0 radical (unpaired) electrons. The average Bonchev–Trinajstić information content (AvgIpc) is 3.15. The number of anilines is 1. The first-order valence-electron chi connectivity index (χ1n) is 18.1. The van der Waals surface area contributed by atoms with E-state index in [1.807, 2.05) is 55.5 Å². The number of ether oxygens (including phenoxy) is 2. The molecule has 0 aromatic carbocycles. The third kappa shape index (κ3) is 11.7. The minimum Gasteiger partial charge on any atom is -0.491 e. The SMILES string of the molecule is CC1=CN=C2C(=N)CCOC2C1.CCC1CN(C(N)=S)CCN1CC.Cc1cnc2c(c1)OCCC2=N.NC(=S)N1CCN(c2ccncc2)CC1.[HH].[HH]. The fraction of sp³-hybridized carbons (Fsp3) is 0.541. The number of fused-ring (bicyclic) bond motifs is 2. The zero-order chi connectivity index (χ0) is 37.6. The molecule has 0 aliphatic carbocycles. The Morgan fingerprint density at radius 3 is 2.27 bits per heavy atom. The molecule has 13 nitrogen and oxygen atoms in total. The third-order valence-electron chi connectivity index (χ3n) is 9.51. The van der Waals surface area contributed by atoms with Gasteiger partial charge >= 0.3 is 0 Å². The number of nitrogens with one attached hydrogen (secondary N) is 2. The Bertz CT molecular complexity index is 1610. The predicted molar refractivity (Wildman–Crippen MR) is 223 cm³/mol. The summed E-state index contributed by atoms with van der Waals surface area (Å²) in [5.41, 5.74) is 17.5. The van der Waals surface area contributed by atoms with Crippen molar-refractivity contribution in [1.82, 2.24) is 24.7 Å². The van der Waals surface area contributed by atoms with Crippen molar-refractivity contribution in [1.29, 1.82) is 10.8 Å². The van der Waals surface area contributed by atoms with Gasteiger partial charge < -0.3 is 46.5 Å². The minimum atomic E-state index is 0. The third-order valence-corrected chi connectivity index (χ3v) is 10.0. The summed E-state index contributed by atoms with van der Waals surface area (Å²) in [6.45, 7) is 17.6. The highest BCUT2D eigenvalue weighted by Crippen LogP contribution is 2.23. The first-order valence-corrected chi connectivity index (χ1v) is 18.9. The summed E-state index contributed by atoms with van der Waals surface area (Å²) in [6, 6.07) is 6.60. The number of aromatic nitrogens is 2. The smallest absolute Gasteiger partial charge is 0.166 e. The van der Waals surface area contributed by atoms with Crippen molar-refractivity contribution in [2.24, 2.45) is 16.5 Å². The van der Waals surface area contributed by atoms with Crippen molar-refractivity contribution in [2.45, 2.75) is 65.5 Å². The van der Waals surface area contributed by atoms with E-state index in [1.54, 1.807) is 6.20 Å². The molecule has 2 unspecified atom stereocenters. The van der Waals surface area contributed by atoms with Gasteiger partial charge in [0, 0.05) is 104 Å². The number of aryl methyl sites for hydroxylation is 1. The monoisotopic (exact) mass is 753 g/mol. The molecule has 2 aromatic rings. The van der Waals surface area contributed by atoms with E-state index < -0.39 is 0 Å². The van der Waals surface area contributed by atoms with Gasteiger partial charge in [-0.15, -0.1) is 0 Å². The molecule has 7 heterocycles. The second-order valence-corrected chi connectivity index (χ2v) is 14.0. The van der Waals surface area contributed by atoms with Gasteiger partial charge in [0.05, 0.1) is 30.3 Å². The van der Waals surface area contributed by atoms with Gasteiger partial charge in [-0.1, -0.05) is 19.4 Å². The summed E-state index contributed by atoms with van der Waals surface area (Å²) in [5.74, 6) is 0.756. The Kier molecular flexibility index (Phi) is 15.9. The molecule has 3 saturated heterocycles. The lowest BCUT2D eigenvalue weighted by atomic mass is 9.97. The molecule has 7 rings (SSSR count). The predicted octanol–water partition coefficient (Wildman–Crippen LogP) is 4.67. The molecule has 5 aliphatic heterocycles. The second kappa shape index (κ2) is 20.3. The number of thiocarbonyl (C=S) groups is 2. The van der Waals surface area contributed by atoms with Gasteiger partial charge in [-0.05, 0) is 75.0 Å². The molecule has 0 amide bonds. The Hall–Kier alpha value is -4.05. The molecule has 2 atom stereocenters. The Labute approximate surface area is 322 Å². The van der Waals surface area contributed by atoms with Crippen LogP contribution in [-0.4, -0.2) is 130 Å².